The van der Waals surface area contributed by atoms with E-state index in [1.165, 1.54) is 12.8 Å². The first kappa shape index (κ1) is 15.4. The highest BCUT2D eigenvalue weighted by molar-refractivity contribution is 6.20. The number of carbonyl (C=O) groups is 1. The molecule has 3 aliphatic rings. The number of likely N-dealkylation sites (N-methyl/N-ethyl adjacent to an activating group) is 1. The maximum absolute atomic E-state index is 12.4. The standard InChI is InChI=1S/C16H27ClN2O2/c1-18-14-4-2-3-5-15(14)19(16(18)20)10-11-21-13-8-6-12(17)7-9-13/h12-15H,2-11H2,1H3. The number of hydrogen-bond acceptors (Lipinski definition) is 2. The Kier molecular flexibility index (Phi) is 4.95. The lowest BCUT2D eigenvalue weighted by molar-refractivity contribution is 0.0179. The summed E-state index contributed by atoms with van der Waals surface area (Å²) >= 11 is 6.12. The second kappa shape index (κ2) is 6.74. The Morgan fingerprint density at radius 2 is 1.76 bits per heavy atom. The van der Waals surface area contributed by atoms with Crippen LogP contribution in [-0.4, -0.2) is 59.6 Å². The third-order valence-corrected chi connectivity index (χ3v) is 5.87. The minimum absolute atomic E-state index is 0.194. The summed E-state index contributed by atoms with van der Waals surface area (Å²) in [6, 6.07) is 1.04. The van der Waals surface area contributed by atoms with Crippen molar-refractivity contribution < 1.29 is 9.53 Å². The number of fused-ring (bicyclic) bond motifs is 1. The van der Waals surface area contributed by atoms with Crippen molar-refractivity contribution in [3.8, 4) is 0 Å². The van der Waals surface area contributed by atoms with Crippen LogP contribution in [0.2, 0.25) is 0 Å². The first-order chi connectivity index (χ1) is 10.2. The SMILES string of the molecule is CN1C(=O)N(CCOC2CCC(Cl)CC2)C2CCCCC21. The molecule has 0 aromatic carbocycles. The largest absolute Gasteiger partial charge is 0.376 e. The second-order valence-electron chi connectivity index (χ2n) is 6.75. The summed E-state index contributed by atoms with van der Waals surface area (Å²) in [5, 5.41) is 0.335. The first-order valence-corrected chi connectivity index (χ1v) is 8.89. The molecule has 1 heterocycles. The molecule has 1 saturated heterocycles. The van der Waals surface area contributed by atoms with E-state index in [0.717, 1.165) is 45.1 Å². The molecule has 2 aliphatic carbocycles. The van der Waals surface area contributed by atoms with Gasteiger partial charge in [0.2, 0.25) is 0 Å². The lowest BCUT2D eigenvalue weighted by Crippen LogP contribution is -2.41. The van der Waals surface area contributed by atoms with E-state index in [4.69, 9.17) is 16.3 Å². The van der Waals surface area contributed by atoms with Crippen LogP contribution in [0.4, 0.5) is 4.79 Å². The Bertz CT molecular complexity index is 371. The predicted octanol–water partition coefficient (Wildman–Crippen LogP) is 3.23. The van der Waals surface area contributed by atoms with E-state index in [-0.39, 0.29) is 6.03 Å². The lowest BCUT2D eigenvalue weighted by Gasteiger charge is -2.31. The van der Waals surface area contributed by atoms with Crippen LogP contribution in [0.3, 0.4) is 0 Å². The predicted molar refractivity (Wildman–Crippen MR) is 83.8 cm³/mol. The molecule has 0 radical (unpaired) electrons. The normalized spacial score (nSPS) is 37.0. The Balaban J connectivity index is 1.47. The van der Waals surface area contributed by atoms with Gasteiger partial charge in [-0.1, -0.05) is 12.8 Å². The summed E-state index contributed by atoms with van der Waals surface area (Å²) in [5.74, 6) is 0. The average molecular weight is 315 g/mol. The van der Waals surface area contributed by atoms with Gasteiger partial charge in [-0.15, -0.1) is 11.6 Å². The van der Waals surface area contributed by atoms with Crippen molar-refractivity contribution in [2.75, 3.05) is 20.2 Å². The topological polar surface area (TPSA) is 32.8 Å². The minimum Gasteiger partial charge on any atom is -0.376 e. The van der Waals surface area contributed by atoms with Crippen LogP contribution in [0, 0.1) is 0 Å². The van der Waals surface area contributed by atoms with E-state index < -0.39 is 0 Å². The number of nitrogens with zero attached hydrogens (tertiary/aromatic N) is 2. The van der Waals surface area contributed by atoms with Gasteiger partial charge in [0.15, 0.2) is 0 Å². The number of amides is 2. The molecule has 0 aromatic heterocycles. The zero-order valence-corrected chi connectivity index (χ0v) is 13.7. The molecule has 3 fully saturated rings. The van der Waals surface area contributed by atoms with Crippen molar-refractivity contribution in [2.24, 2.45) is 0 Å². The summed E-state index contributed by atoms with van der Waals surface area (Å²) in [6.45, 7) is 1.41. The van der Waals surface area contributed by atoms with E-state index in [2.05, 4.69) is 4.90 Å². The fraction of sp³-hybridized carbons (Fsp3) is 0.938. The van der Waals surface area contributed by atoms with Gasteiger partial charge in [0.05, 0.1) is 24.8 Å². The zero-order chi connectivity index (χ0) is 14.8. The van der Waals surface area contributed by atoms with Gasteiger partial charge in [0.25, 0.3) is 0 Å². The molecule has 3 rings (SSSR count). The Hall–Kier alpha value is -0.480. The second-order valence-corrected chi connectivity index (χ2v) is 7.37. The quantitative estimate of drug-likeness (QED) is 0.746. The summed E-state index contributed by atoms with van der Waals surface area (Å²) in [7, 11) is 1.95. The zero-order valence-electron chi connectivity index (χ0n) is 13.0. The van der Waals surface area contributed by atoms with Crippen LogP contribution < -0.4 is 0 Å². The minimum atomic E-state index is 0.194. The Labute approximate surface area is 132 Å². The number of urea groups is 1. The van der Waals surface area contributed by atoms with Crippen LogP contribution in [-0.2, 0) is 4.74 Å². The number of rotatable bonds is 4. The molecule has 2 amide bonds. The number of alkyl halides is 1. The lowest BCUT2D eigenvalue weighted by atomic mass is 9.90. The van der Waals surface area contributed by atoms with Gasteiger partial charge >= 0.3 is 6.03 Å². The Morgan fingerprint density at radius 3 is 2.48 bits per heavy atom. The van der Waals surface area contributed by atoms with Crippen molar-refractivity contribution in [2.45, 2.75) is 74.9 Å². The molecule has 0 bridgehead atoms. The smallest absolute Gasteiger partial charge is 0.320 e. The van der Waals surface area contributed by atoms with Crippen LogP contribution in [0.15, 0.2) is 0 Å². The van der Waals surface area contributed by atoms with E-state index >= 15 is 0 Å². The fourth-order valence-corrected chi connectivity index (χ4v) is 4.41. The molecule has 0 spiro atoms. The van der Waals surface area contributed by atoms with E-state index in [9.17, 15) is 4.79 Å². The van der Waals surface area contributed by atoms with Gasteiger partial charge in [-0.3, -0.25) is 0 Å². The van der Waals surface area contributed by atoms with Gasteiger partial charge in [-0.05, 0) is 38.5 Å². The maximum Gasteiger partial charge on any atom is 0.320 e. The molecule has 0 aromatic rings. The van der Waals surface area contributed by atoms with Crippen molar-refractivity contribution in [1.29, 1.82) is 0 Å². The maximum atomic E-state index is 12.4. The van der Waals surface area contributed by atoms with E-state index in [1.54, 1.807) is 0 Å². The molecule has 1 aliphatic heterocycles. The Morgan fingerprint density at radius 1 is 1.10 bits per heavy atom. The van der Waals surface area contributed by atoms with Gasteiger partial charge in [0, 0.05) is 19.0 Å². The van der Waals surface area contributed by atoms with Crippen molar-refractivity contribution >= 4 is 17.6 Å². The summed E-state index contributed by atoms with van der Waals surface area (Å²) in [6.07, 6.45) is 9.40. The van der Waals surface area contributed by atoms with Gasteiger partial charge in [0.1, 0.15) is 0 Å². The van der Waals surface area contributed by atoms with Crippen molar-refractivity contribution in [3.63, 3.8) is 0 Å². The van der Waals surface area contributed by atoms with Crippen LogP contribution in [0.5, 0.6) is 0 Å². The highest BCUT2D eigenvalue weighted by Crippen LogP contribution is 2.33. The van der Waals surface area contributed by atoms with Crippen LogP contribution in [0.1, 0.15) is 51.4 Å². The third kappa shape index (κ3) is 3.31. The highest BCUT2D eigenvalue weighted by Gasteiger charge is 2.44. The number of halogens is 1. The molecule has 5 heteroatoms. The van der Waals surface area contributed by atoms with Gasteiger partial charge < -0.3 is 14.5 Å². The molecule has 4 nitrogen and oxygen atoms in total. The molecule has 120 valence electrons. The molecule has 21 heavy (non-hydrogen) atoms. The van der Waals surface area contributed by atoms with Crippen LogP contribution in [0.25, 0.3) is 0 Å². The summed E-state index contributed by atoms with van der Waals surface area (Å²) in [4.78, 5) is 16.4. The number of hydrogen-bond donors (Lipinski definition) is 0. The molecule has 2 saturated carbocycles. The fourth-order valence-electron chi connectivity index (χ4n) is 4.16. The highest BCUT2D eigenvalue weighted by atomic mass is 35.5. The van der Waals surface area contributed by atoms with Gasteiger partial charge in [-0.25, -0.2) is 4.79 Å². The summed E-state index contributed by atoms with van der Waals surface area (Å²) in [5.41, 5.74) is 0. The van der Waals surface area contributed by atoms with E-state index in [0.29, 0.717) is 30.2 Å². The number of carbonyl (C=O) groups excluding carboxylic acids is 1. The molecule has 0 N–H and O–H groups in total. The molecule has 2 atom stereocenters. The third-order valence-electron chi connectivity index (χ3n) is 5.43. The molecule has 2 unspecified atom stereocenters. The molecular weight excluding hydrogens is 288 g/mol. The monoisotopic (exact) mass is 314 g/mol. The van der Waals surface area contributed by atoms with Gasteiger partial charge in [-0.2, -0.15) is 0 Å². The number of ether oxygens (including phenoxy) is 1. The van der Waals surface area contributed by atoms with Crippen molar-refractivity contribution in [1.82, 2.24) is 9.80 Å². The van der Waals surface area contributed by atoms with Crippen LogP contribution >= 0.6 is 11.6 Å². The van der Waals surface area contributed by atoms with Crippen molar-refractivity contribution in [3.05, 3.63) is 0 Å². The first-order valence-electron chi connectivity index (χ1n) is 8.46. The average Bonchev–Trinajstić information content (AvgIpc) is 2.75. The summed E-state index contributed by atoms with van der Waals surface area (Å²) < 4.78 is 5.99. The van der Waals surface area contributed by atoms with E-state index in [1.807, 2.05) is 11.9 Å². The molecular formula is C16H27ClN2O2.